The summed E-state index contributed by atoms with van der Waals surface area (Å²) < 4.78 is 1.51. The Labute approximate surface area is 154 Å². The zero-order chi connectivity index (χ0) is 18.4. The molecule has 26 heavy (non-hydrogen) atoms. The Balaban J connectivity index is 1.64. The molecule has 1 saturated heterocycles. The number of nitrogens with zero attached hydrogens (tertiary/aromatic N) is 3. The van der Waals surface area contributed by atoms with Gasteiger partial charge in [-0.15, -0.1) is 0 Å². The molecule has 1 amide bonds. The molecule has 0 unspecified atom stereocenters. The third-order valence-electron chi connectivity index (χ3n) is 5.16. The molecule has 1 fully saturated rings. The fourth-order valence-electron chi connectivity index (χ4n) is 4.01. The number of halogens is 1. The van der Waals surface area contributed by atoms with Crippen LogP contribution in [0.15, 0.2) is 41.2 Å². The zero-order valence-corrected chi connectivity index (χ0v) is 14.6. The normalized spacial score (nSPS) is 21.2. The summed E-state index contributed by atoms with van der Waals surface area (Å²) in [4.78, 5) is 37.3. The third kappa shape index (κ3) is 2.78. The van der Waals surface area contributed by atoms with E-state index in [1.165, 1.54) is 10.6 Å². The molecular formula is C18H16ClN3O4. The molecule has 1 aromatic heterocycles. The lowest BCUT2D eigenvalue weighted by Gasteiger charge is -2.42. The number of likely N-dealkylation sites (tertiary alicyclic amines) is 1. The monoisotopic (exact) mass is 373 g/mol. The zero-order valence-electron chi connectivity index (χ0n) is 13.8. The number of pyridine rings is 1. The predicted molar refractivity (Wildman–Crippen MR) is 95.6 cm³/mol. The van der Waals surface area contributed by atoms with Gasteiger partial charge in [0.25, 0.3) is 5.91 Å². The van der Waals surface area contributed by atoms with Crippen LogP contribution in [0.4, 0.5) is 5.69 Å². The minimum Gasteiger partial charge on any atom is -0.338 e. The number of carbonyl (C=O) groups is 1. The lowest BCUT2D eigenvalue weighted by atomic mass is 9.83. The van der Waals surface area contributed by atoms with E-state index in [4.69, 9.17) is 11.6 Å². The van der Waals surface area contributed by atoms with Crippen molar-refractivity contribution in [3.05, 3.63) is 73.1 Å². The Kier molecular flexibility index (Phi) is 4.03. The van der Waals surface area contributed by atoms with Crippen LogP contribution in [0.25, 0.3) is 0 Å². The lowest BCUT2D eigenvalue weighted by molar-refractivity contribution is -0.386. The van der Waals surface area contributed by atoms with Crippen molar-refractivity contribution in [2.24, 2.45) is 5.92 Å². The van der Waals surface area contributed by atoms with Gasteiger partial charge in [0.2, 0.25) is 0 Å². The highest BCUT2D eigenvalue weighted by Gasteiger charge is 2.37. The van der Waals surface area contributed by atoms with Gasteiger partial charge in [-0.05, 0) is 42.7 Å². The van der Waals surface area contributed by atoms with Crippen LogP contribution >= 0.6 is 11.6 Å². The van der Waals surface area contributed by atoms with E-state index < -0.39 is 16.2 Å². The largest absolute Gasteiger partial charge is 0.338 e. The number of rotatable bonds is 2. The van der Waals surface area contributed by atoms with E-state index in [2.05, 4.69) is 0 Å². The molecule has 134 valence electrons. The number of hydrogen-bond acceptors (Lipinski definition) is 4. The molecular weight excluding hydrogens is 358 g/mol. The standard InChI is InChI=1S/C18H16ClN3O4/c19-14-3-1-12(2-4-14)17(23)20-8-11-7-13(10-20)15-5-6-16(22(25)26)18(24)21(15)9-11/h1-6,11,13H,7-10H2/t11-,13+/m0/s1. The van der Waals surface area contributed by atoms with Crippen molar-refractivity contribution in [3.8, 4) is 0 Å². The number of aromatic nitrogens is 1. The van der Waals surface area contributed by atoms with Gasteiger partial charge < -0.3 is 9.47 Å². The molecule has 2 atom stereocenters. The maximum absolute atomic E-state index is 12.8. The number of benzene rings is 1. The van der Waals surface area contributed by atoms with Gasteiger partial charge in [-0.2, -0.15) is 0 Å². The Morgan fingerprint density at radius 3 is 2.54 bits per heavy atom. The molecule has 2 aliphatic heterocycles. The summed E-state index contributed by atoms with van der Waals surface area (Å²) in [6.07, 6.45) is 0.877. The maximum atomic E-state index is 12.8. The second-order valence-electron chi connectivity index (χ2n) is 6.83. The van der Waals surface area contributed by atoms with Crippen LogP contribution in [0.3, 0.4) is 0 Å². The molecule has 0 spiro atoms. The first kappa shape index (κ1) is 16.8. The van der Waals surface area contributed by atoms with Crippen LogP contribution in [-0.4, -0.2) is 33.4 Å². The fourth-order valence-corrected chi connectivity index (χ4v) is 4.14. The smallest absolute Gasteiger partial charge is 0.334 e. The van der Waals surface area contributed by atoms with Crippen LogP contribution in [0.5, 0.6) is 0 Å². The van der Waals surface area contributed by atoms with E-state index in [9.17, 15) is 19.7 Å². The van der Waals surface area contributed by atoms with Gasteiger partial charge in [-0.25, -0.2) is 0 Å². The topological polar surface area (TPSA) is 85.5 Å². The average Bonchev–Trinajstić information content (AvgIpc) is 2.62. The minimum atomic E-state index is -0.642. The summed E-state index contributed by atoms with van der Waals surface area (Å²) >= 11 is 5.88. The first-order valence-electron chi connectivity index (χ1n) is 8.37. The van der Waals surface area contributed by atoms with Crippen molar-refractivity contribution in [2.45, 2.75) is 18.9 Å². The molecule has 0 saturated carbocycles. The van der Waals surface area contributed by atoms with Gasteiger partial charge in [0.05, 0.1) is 4.92 Å². The van der Waals surface area contributed by atoms with Crippen LogP contribution in [0.1, 0.15) is 28.4 Å². The quantitative estimate of drug-likeness (QED) is 0.598. The lowest BCUT2D eigenvalue weighted by Crippen LogP contribution is -2.49. The number of nitro groups is 1. The highest BCUT2D eigenvalue weighted by Crippen LogP contribution is 2.36. The second kappa shape index (κ2) is 6.25. The Bertz CT molecular complexity index is 954. The number of piperidine rings is 1. The molecule has 3 heterocycles. The van der Waals surface area contributed by atoms with Crippen molar-refractivity contribution < 1.29 is 9.72 Å². The van der Waals surface area contributed by atoms with Crippen molar-refractivity contribution in [1.29, 1.82) is 0 Å². The maximum Gasteiger partial charge on any atom is 0.334 e. The Morgan fingerprint density at radius 1 is 1.12 bits per heavy atom. The molecule has 0 aliphatic carbocycles. The van der Waals surface area contributed by atoms with Gasteiger partial charge in [-0.1, -0.05) is 11.6 Å². The predicted octanol–water partition coefficient (Wildman–Crippen LogP) is 2.67. The molecule has 7 nitrogen and oxygen atoms in total. The Morgan fingerprint density at radius 2 is 1.85 bits per heavy atom. The highest BCUT2D eigenvalue weighted by atomic mass is 35.5. The molecule has 0 N–H and O–H groups in total. The minimum absolute atomic E-state index is 0.00672. The van der Waals surface area contributed by atoms with Gasteiger partial charge >= 0.3 is 11.2 Å². The molecule has 2 aromatic rings. The van der Waals surface area contributed by atoms with Crippen molar-refractivity contribution in [3.63, 3.8) is 0 Å². The average molecular weight is 374 g/mol. The van der Waals surface area contributed by atoms with Crippen molar-refractivity contribution in [1.82, 2.24) is 9.47 Å². The molecule has 1 aromatic carbocycles. The number of fused-ring (bicyclic) bond motifs is 4. The second-order valence-corrected chi connectivity index (χ2v) is 7.27. The molecule has 4 rings (SSSR count). The van der Waals surface area contributed by atoms with Crippen LogP contribution in [-0.2, 0) is 6.54 Å². The summed E-state index contributed by atoms with van der Waals surface area (Å²) in [5, 5.41) is 11.6. The van der Waals surface area contributed by atoms with Gasteiger partial charge in [-0.3, -0.25) is 19.7 Å². The van der Waals surface area contributed by atoms with Crippen LogP contribution in [0.2, 0.25) is 5.02 Å². The Hall–Kier alpha value is -2.67. The number of amides is 1. The number of carbonyl (C=O) groups excluding carboxylic acids is 1. The van der Waals surface area contributed by atoms with E-state index in [1.54, 1.807) is 35.2 Å². The van der Waals surface area contributed by atoms with E-state index in [0.717, 1.165) is 12.1 Å². The summed E-state index contributed by atoms with van der Waals surface area (Å²) in [6.45, 7) is 1.43. The van der Waals surface area contributed by atoms with Crippen LogP contribution < -0.4 is 5.56 Å². The van der Waals surface area contributed by atoms with E-state index >= 15 is 0 Å². The molecule has 2 aliphatic rings. The first-order chi connectivity index (χ1) is 12.4. The molecule has 0 radical (unpaired) electrons. The fraction of sp³-hybridized carbons (Fsp3) is 0.333. The summed E-state index contributed by atoms with van der Waals surface area (Å²) in [6, 6.07) is 9.71. The van der Waals surface area contributed by atoms with E-state index in [0.29, 0.717) is 30.2 Å². The highest BCUT2D eigenvalue weighted by molar-refractivity contribution is 6.30. The van der Waals surface area contributed by atoms with Crippen molar-refractivity contribution in [2.75, 3.05) is 13.1 Å². The molecule has 8 heteroatoms. The van der Waals surface area contributed by atoms with E-state index in [-0.39, 0.29) is 17.7 Å². The summed E-state index contributed by atoms with van der Waals surface area (Å²) in [5.74, 6) is 0.0542. The van der Waals surface area contributed by atoms with E-state index in [1.807, 2.05) is 0 Å². The van der Waals surface area contributed by atoms with Gasteiger partial charge in [0.1, 0.15) is 0 Å². The SMILES string of the molecule is O=C(c1ccc(Cl)cc1)N1C[C@@H]2C[C@H](C1)c1ccc([N+](=O)[O-])c(=O)n1C2. The van der Waals surface area contributed by atoms with Crippen molar-refractivity contribution >= 4 is 23.2 Å². The van der Waals surface area contributed by atoms with Gasteiger partial charge in [0.15, 0.2) is 0 Å². The van der Waals surface area contributed by atoms with Crippen LogP contribution in [0, 0.1) is 16.0 Å². The third-order valence-corrected chi connectivity index (χ3v) is 5.41. The summed E-state index contributed by atoms with van der Waals surface area (Å²) in [7, 11) is 0. The number of hydrogen-bond donors (Lipinski definition) is 0. The molecule has 2 bridgehead atoms. The van der Waals surface area contributed by atoms with Gasteiger partial charge in [0, 0.05) is 47.9 Å². The summed E-state index contributed by atoms with van der Waals surface area (Å²) in [5.41, 5.74) is 0.392. The first-order valence-corrected chi connectivity index (χ1v) is 8.75.